The van der Waals surface area contributed by atoms with Crippen LogP contribution in [0.4, 0.5) is 0 Å². The van der Waals surface area contributed by atoms with Crippen LogP contribution in [0.1, 0.15) is 52.9 Å². The molecular weight excluding hydrogens is 238 g/mol. The third-order valence-electron chi connectivity index (χ3n) is 4.50. The second kappa shape index (κ2) is 6.71. The van der Waals surface area contributed by atoms with E-state index >= 15 is 0 Å². The molecule has 4 heteroatoms. The molecule has 0 bridgehead atoms. The molecule has 1 amide bonds. The van der Waals surface area contributed by atoms with Gasteiger partial charge in [-0.2, -0.15) is 0 Å². The smallest absolute Gasteiger partial charge is 0.237 e. The summed E-state index contributed by atoms with van der Waals surface area (Å²) in [6.45, 7) is 8.51. The number of nitrogens with one attached hydrogen (secondary N) is 2. The van der Waals surface area contributed by atoms with Crippen LogP contribution in [-0.2, 0) is 4.79 Å². The first kappa shape index (κ1) is 14.8. The monoisotopic (exact) mass is 267 g/mol. The van der Waals surface area contributed by atoms with Crippen LogP contribution in [0, 0.1) is 0 Å². The molecule has 0 aromatic carbocycles. The number of amides is 1. The van der Waals surface area contributed by atoms with Gasteiger partial charge >= 0.3 is 0 Å². The molecule has 1 saturated heterocycles. The van der Waals surface area contributed by atoms with E-state index < -0.39 is 0 Å². The van der Waals surface area contributed by atoms with E-state index in [-0.39, 0.29) is 11.9 Å². The van der Waals surface area contributed by atoms with E-state index in [0.717, 1.165) is 25.9 Å². The predicted octanol–water partition coefficient (Wildman–Crippen LogP) is 1.51. The van der Waals surface area contributed by atoms with E-state index in [0.29, 0.717) is 18.1 Å². The minimum Gasteiger partial charge on any atom is -0.352 e. The Balaban J connectivity index is 1.94. The van der Waals surface area contributed by atoms with Gasteiger partial charge in [-0.25, -0.2) is 0 Å². The molecule has 0 aromatic rings. The highest BCUT2D eigenvalue weighted by Gasteiger charge is 2.34. The summed E-state index contributed by atoms with van der Waals surface area (Å²) in [6, 6.07) is 1.42. The molecule has 2 fully saturated rings. The number of carbonyl (C=O) groups is 1. The lowest BCUT2D eigenvalue weighted by Gasteiger charge is -2.42. The summed E-state index contributed by atoms with van der Waals surface area (Å²) >= 11 is 0. The van der Waals surface area contributed by atoms with Crippen molar-refractivity contribution in [2.45, 2.75) is 77.0 Å². The van der Waals surface area contributed by atoms with Crippen molar-refractivity contribution >= 4 is 5.91 Å². The van der Waals surface area contributed by atoms with Gasteiger partial charge in [0.15, 0.2) is 0 Å². The molecule has 1 aliphatic heterocycles. The average Bonchev–Trinajstić information content (AvgIpc) is 3.22. The van der Waals surface area contributed by atoms with Crippen molar-refractivity contribution in [2.75, 3.05) is 13.1 Å². The lowest BCUT2D eigenvalue weighted by molar-refractivity contribution is -0.127. The maximum Gasteiger partial charge on any atom is 0.237 e. The van der Waals surface area contributed by atoms with Crippen molar-refractivity contribution in [3.05, 3.63) is 0 Å². The van der Waals surface area contributed by atoms with Crippen LogP contribution in [0.5, 0.6) is 0 Å². The van der Waals surface area contributed by atoms with E-state index in [1.807, 2.05) is 0 Å². The molecule has 110 valence electrons. The Morgan fingerprint density at radius 2 is 2.00 bits per heavy atom. The third kappa shape index (κ3) is 3.93. The average molecular weight is 267 g/mol. The molecule has 2 N–H and O–H groups in total. The molecule has 0 aromatic heterocycles. The molecule has 1 heterocycles. The van der Waals surface area contributed by atoms with E-state index in [9.17, 15) is 4.79 Å². The van der Waals surface area contributed by atoms with Gasteiger partial charge in [0, 0.05) is 18.1 Å². The van der Waals surface area contributed by atoms with Gasteiger partial charge in [0.2, 0.25) is 5.91 Å². The summed E-state index contributed by atoms with van der Waals surface area (Å²) < 4.78 is 0. The Labute approximate surface area is 117 Å². The fourth-order valence-electron chi connectivity index (χ4n) is 3.16. The van der Waals surface area contributed by atoms with E-state index in [1.54, 1.807) is 0 Å². The molecule has 1 saturated carbocycles. The van der Waals surface area contributed by atoms with Gasteiger partial charge in [-0.15, -0.1) is 0 Å². The number of hydrogen-bond acceptors (Lipinski definition) is 3. The summed E-state index contributed by atoms with van der Waals surface area (Å²) in [7, 11) is 0. The number of rotatable bonds is 6. The molecular formula is C15H29N3O. The second-order valence-electron chi connectivity index (χ2n) is 6.11. The normalized spacial score (nSPS) is 27.8. The van der Waals surface area contributed by atoms with Gasteiger partial charge in [0.25, 0.3) is 0 Å². The third-order valence-corrected chi connectivity index (χ3v) is 4.50. The number of likely N-dealkylation sites (N-methyl/N-ethyl adjacent to an activating group) is 1. The summed E-state index contributed by atoms with van der Waals surface area (Å²) in [5, 5.41) is 6.66. The zero-order valence-electron chi connectivity index (χ0n) is 12.6. The molecule has 0 radical (unpaired) electrons. The second-order valence-corrected chi connectivity index (χ2v) is 6.11. The first-order valence-electron chi connectivity index (χ1n) is 7.93. The largest absolute Gasteiger partial charge is 0.352 e. The van der Waals surface area contributed by atoms with Crippen LogP contribution in [0.15, 0.2) is 0 Å². The van der Waals surface area contributed by atoms with Crippen LogP contribution in [0.2, 0.25) is 0 Å². The zero-order chi connectivity index (χ0) is 13.8. The predicted molar refractivity (Wildman–Crippen MR) is 78.1 cm³/mol. The minimum atomic E-state index is 0.00649. The SMILES string of the molecule is CCNC(C)C1CCCCN1C(C)C(=O)NC1CC1. The highest BCUT2D eigenvalue weighted by atomic mass is 16.2. The van der Waals surface area contributed by atoms with Crippen LogP contribution < -0.4 is 10.6 Å². The number of nitrogens with zero attached hydrogens (tertiary/aromatic N) is 1. The molecule has 0 spiro atoms. The van der Waals surface area contributed by atoms with Gasteiger partial charge in [0.05, 0.1) is 6.04 Å². The van der Waals surface area contributed by atoms with E-state index in [1.165, 1.54) is 19.3 Å². The van der Waals surface area contributed by atoms with Crippen molar-refractivity contribution in [3.63, 3.8) is 0 Å². The maximum atomic E-state index is 12.2. The highest BCUT2D eigenvalue weighted by Crippen LogP contribution is 2.24. The van der Waals surface area contributed by atoms with Crippen LogP contribution in [0.25, 0.3) is 0 Å². The Kier molecular flexibility index (Phi) is 5.22. The number of carbonyl (C=O) groups excluding carboxylic acids is 1. The van der Waals surface area contributed by atoms with Gasteiger partial charge < -0.3 is 10.6 Å². The van der Waals surface area contributed by atoms with Crippen molar-refractivity contribution in [1.29, 1.82) is 0 Å². The maximum absolute atomic E-state index is 12.2. The topological polar surface area (TPSA) is 44.4 Å². The Bertz CT molecular complexity index is 304. The first-order chi connectivity index (χ1) is 9.13. The Morgan fingerprint density at radius 1 is 1.26 bits per heavy atom. The van der Waals surface area contributed by atoms with Gasteiger partial charge in [-0.05, 0) is 52.6 Å². The van der Waals surface area contributed by atoms with Gasteiger partial charge in [-0.1, -0.05) is 13.3 Å². The summed E-state index contributed by atoms with van der Waals surface area (Å²) in [5.74, 6) is 0.220. The van der Waals surface area contributed by atoms with Gasteiger partial charge in [-0.3, -0.25) is 9.69 Å². The lowest BCUT2D eigenvalue weighted by Crippen LogP contribution is -2.57. The van der Waals surface area contributed by atoms with Crippen LogP contribution in [-0.4, -0.2) is 48.1 Å². The fourth-order valence-corrected chi connectivity index (χ4v) is 3.16. The minimum absolute atomic E-state index is 0.00649. The first-order valence-corrected chi connectivity index (χ1v) is 7.93. The number of hydrogen-bond donors (Lipinski definition) is 2. The Morgan fingerprint density at radius 3 is 2.63 bits per heavy atom. The molecule has 4 nitrogen and oxygen atoms in total. The molecule has 2 rings (SSSR count). The van der Waals surface area contributed by atoms with Crippen molar-refractivity contribution in [2.24, 2.45) is 0 Å². The summed E-state index contributed by atoms with van der Waals surface area (Å²) in [6.07, 6.45) is 6.03. The summed E-state index contributed by atoms with van der Waals surface area (Å²) in [4.78, 5) is 14.7. The van der Waals surface area contributed by atoms with Crippen molar-refractivity contribution in [3.8, 4) is 0 Å². The van der Waals surface area contributed by atoms with E-state index in [4.69, 9.17) is 0 Å². The molecule has 3 atom stereocenters. The zero-order valence-corrected chi connectivity index (χ0v) is 12.6. The van der Waals surface area contributed by atoms with Crippen molar-refractivity contribution in [1.82, 2.24) is 15.5 Å². The quantitative estimate of drug-likeness (QED) is 0.766. The number of likely N-dealkylation sites (tertiary alicyclic amines) is 1. The van der Waals surface area contributed by atoms with Crippen molar-refractivity contribution < 1.29 is 4.79 Å². The Hall–Kier alpha value is -0.610. The van der Waals surface area contributed by atoms with E-state index in [2.05, 4.69) is 36.3 Å². The summed E-state index contributed by atoms with van der Waals surface area (Å²) in [5.41, 5.74) is 0. The molecule has 2 aliphatic rings. The standard InChI is InChI=1S/C15H29N3O/c1-4-16-11(2)14-7-5-6-10-18(14)12(3)15(19)17-13-8-9-13/h11-14,16H,4-10H2,1-3H3,(H,17,19). The lowest BCUT2D eigenvalue weighted by atomic mass is 9.94. The van der Waals surface area contributed by atoms with Gasteiger partial charge in [0.1, 0.15) is 0 Å². The molecule has 3 unspecified atom stereocenters. The fraction of sp³-hybridized carbons (Fsp3) is 0.933. The molecule has 1 aliphatic carbocycles. The van der Waals surface area contributed by atoms with Crippen LogP contribution >= 0.6 is 0 Å². The molecule has 19 heavy (non-hydrogen) atoms. The number of piperidine rings is 1. The highest BCUT2D eigenvalue weighted by molar-refractivity contribution is 5.81. The van der Waals surface area contributed by atoms with Crippen LogP contribution in [0.3, 0.4) is 0 Å².